The highest BCUT2D eigenvalue weighted by Crippen LogP contribution is 2.26. The molecule has 0 spiro atoms. The van der Waals surface area contributed by atoms with Gasteiger partial charge in [-0.05, 0) is 24.8 Å². The minimum Gasteiger partial charge on any atom is -0.478 e. The second-order valence-electron chi connectivity index (χ2n) is 5.46. The van der Waals surface area contributed by atoms with Crippen molar-refractivity contribution in [3.05, 3.63) is 17.8 Å². The van der Waals surface area contributed by atoms with Crippen LogP contribution < -0.4 is 10.6 Å². The first-order valence-electron chi connectivity index (χ1n) is 7.16. The second kappa shape index (κ2) is 7.12. The van der Waals surface area contributed by atoms with Gasteiger partial charge in [0.1, 0.15) is 0 Å². The number of nitrogen functional groups attached to an aromatic ring is 1. The average molecular weight is 279 g/mol. The van der Waals surface area contributed by atoms with Crippen LogP contribution in [0.3, 0.4) is 0 Å². The Labute approximate surface area is 120 Å². The Morgan fingerprint density at radius 3 is 2.40 bits per heavy atom. The van der Waals surface area contributed by atoms with Gasteiger partial charge in [-0.3, -0.25) is 0 Å². The van der Waals surface area contributed by atoms with E-state index in [-0.39, 0.29) is 5.56 Å². The van der Waals surface area contributed by atoms with Gasteiger partial charge in [0.25, 0.3) is 0 Å². The SMILES string of the molecule is CCC(CC)N(CC(C)C)c1ncc(C(=O)O)cc1N. The third kappa shape index (κ3) is 3.85. The lowest BCUT2D eigenvalue weighted by molar-refractivity contribution is 0.0696. The summed E-state index contributed by atoms with van der Waals surface area (Å²) in [6.45, 7) is 9.44. The predicted octanol–water partition coefficient (Wildman–Crippen LogP) is 3.01. The third-order valence-electron chi connectivity index (χ3n) is 3.36. The molecule has 0 saturated heterocycles. The maximum atomic E-state index is 10.9. The van der Waals surface area contributed by atoms with E-state index in [0.29, 0.717) is 23.5 Å². The van der Waals surface area contributed by atoms with Gasteiger partial charge < -0.3 is 15.7 Å². The van der Waals surface area contributed by atoms with Gasteiger partial charge in [0.05, 0.1) is 11.3 Å². The number of carboxylic acid groups (broad SMARTS) is 1. The summed E-state index contributed by atoms with van der Waals surface area (Å²) in [5.74, 6) is 0.169. The van der Waals surface area contributed by atoms with Gasteiger partial charge in [-0.1, -0.05) is 27.7 Å². The van der Waals surface area contributed by atoms with Gasteiger partial charge in [-0.25, -0.2) is 9.78 Å². The van der Waals surface area contributed by atoms with Crippen LogP contribution in [0, 0.1) is 5.92 Å². The van der Waals surface area contributed by atoms with E-state index in [9.17, 15) is 4.79 Å². The van der Waals surface area contributed by atoms with Crippen LogP contribution in [0.5, 0.6) is 0 Å². The molecule has 1 rings (SSSR count). The molecule has 0 unspecified atom stereocenters. The number of hydrogen-bond donors (Lipinski definition) is 2. The van der Waals surface area contributed by atoms with Crippen LogP contribution in [0.2, 0.25) is 0 Å². The standard InChI is InChI=1S/C15H25N3O2/c1-5-12(6-2)18(9-10(3)4)14-13(16)7-11(8-17-14)15(19)20/h7-8,10,12H,5-6,9,16H2,1-4H3,(H,19,20). The second-order valence-corrected chi connectivity index (χ2v) is 5.46. The van der Waals surface area contributed by atoms with Gasteiger partial charge in [0.15, 0.2) is 5.82 Å². The Morgan fingerprint density at radius 2 is 2.00 bits per heavy atom. The molecule has 0 aliphatic rings. The molecular weight excluding hydrogens is 254 g/mol. The number of anilines is 2. The number of carboxylic acids is 1. The zero-order valence-corrected chi connectivity index (χ0v) is 12.8. The summed E-state index contributed by atoms with van der Waals surface area (Å²) in [6.07, 6.45) is 3.39. The molecule has 5 nitrogen and oxygen atoms in total. The zero-order valence-electron chi connectivity index (χ0n) is 12.8. The van der Waals surface area contributed by atoms with Crippen molar-refractivity contribution >= 4 is 17.5 Å². The predicted molar refractivity (Wildman–Crippen MR) is 82.2 cm³/mol. The maximum Gasteiger partial charge on any atom is 0.337 e. The van der Waals surface area contributed by atoms with E-state index in [0.717, 1.165) is 19.4 Å². The Morgan fingerprint density at radius 1 is 1.40 bits per heavy atom. The van der Waals surface area contributed by atoms with Gasteiger partial charge >= 0.3 is 5.97 Å². The van der Waals surface area contributed by atoms with E-state index in [1.54, 1.807) is 0 Å². The molecule has 0 aromatic carbocycles. The van der Waals surface area contributed by atoms with Crippen LogP contribution in [0.25, 0.3) is 0 Å². The molecule has 0 amide bonds. The normalized spacial score (nSPS) is 11.1. The van der Waals surface area contributed by atoms with E-state index in [1.165, 1.54) is 12.3 Å². The number of hydrogen-bond acceptors (Lipinski definition) is 4. The number of pyridine rings is 1. The smallest absolute Gasteiger partial charge is 0.337 e. The van der Waals surface area contributed by atoms with Crippen molar-refractivity contribution in [3.8, 4) is 0 Å². The third-order valence-corrected chi connectivity index (χ3v) is 3.36. The summed E-state index contributed by atoms with van der Waals surface area (Å²) < 4.78 is 0. The molecule has 0 radical (unpaired) electrons. The molecule has 0 atom stereocenters. The minimum atomic E-state index is -1.01. The van der Waals surface area contributed by atoms with Crippen molar-refractivity contribution < 1.29 is 9.90 Å². The van der Waals surface area contributed by atoms with Crippen LogP contribution in [0.1, 0.15) is 50.9 Å². The van der Waals surface area contributed by atoms with E-state index >= 15 is 0 Å². The lowest BCUT2D eigenvalue weighted by Crippen LogP contribution is -2.38. The first kappa shape index (κ1) is 16.3. The number of rotatable bonds is 7. The number of aromatic carboxylic acids is 1. The molecule has 5 heteroatoms. The van der Waals surface area contributed by atoms with Crippen molar-refractivity contribution in [1.82, 2.24) is 4.98 Å². The van der Waals surface area contributed by atoms with Crippen LogP contribution in [0.15, 0.2) is 12.3 Å². The zero-order chi connectivity index (χ0) is 15.3. The van der Waals surface area contributed by atoms with Crippen molar-refractivity contribution in [3.63, 3.8) is 0 Å². The van der Waals surface area contributed by atoms with Crippen LogP contribution in [0.4, 0.5) is 11.5 Å². The van der Waals surface area contributed by atoms with Gasteiger partial charge in [-0.15, -0.1) is 0 Å². The fourth-order valence-corrected chi connectivity index (χ4v) is 2.36. The summed E-state index contributed by atoms with van der Waals surface area (Å²) in [7, 11) is 0. The Kier molecular flexibility index (Phi) is 5.80. The topological polar surface area (TPSA) is 79.5 Å². The van der Waals surface area contributed by atoms with Crippen molar-refractivity contribution in [1.29, 1.82) is 0 Å². The van der Waals surface area contributed by atoms with E-state index < -0.39 is 5.97 Å². The largest absolute Gasteiger partial charge is 0.478 e. The summed E-state index contributed by atoms with van der Waals surface area (Å²) in [4.78, 5) is 17.4. The molecule has 1 heterocycles. The van der Waals surface area contributed by atoms with E-state index in [1.807, 2.05) is 0 Å². The van der Waals surface area contributed by atoms with E-state index in [4.69, 9.17) is 10.8 Å². The first-order chi connectivity index (χ1) is 9.40. The molecule has 20 heavy (non-hydrogen) atoms. The molecule has 0 aliphatic carbocycles. The number of aromatic nitrogens is 1. The highest BCUT2D eigenvalue weighted by Gasteiger charge is 2.21. The van der Waals surface area contributed by atoms with Gasteiger partial charge in [0.2, 0.25) is 0 Å². The Hall–Kier alpha value is -1.78. The van der Waals surface area contributed by atoms with Crippen LogP contribution in [-0.4, -0.2) is 28.6 Å². The summed E-state index contributed by atoms with van der Waals surface area (Å²) in [6, 6.07) is 1.85. The molecule has 0 aliphatic heterocycles. The first-order valence-corrected chi connectivity index (χ1v) is 7.16. The summed E-state index contributed by atoms with van der Waals surface area (Å²) >= 11 is 0. The van der Waals surface area contributed by atoms with Crippen molar-refractivity contribution in [2.24, 2.45) is 5.92 Å². The van der Waals surface area contributed by atoms with Crippen molar-refractivity contribution in [2.75, 3.05) is 17.2 Å². The van der Waals surface area contributed by atoms with Crippen LogP contribution in [-0.2, 0) is 0 Å². The molecule has 1 aromatic heterocycles. The summed E-state index contributed by atoms with van der Waals surface area (Å²) in [5.41, 5.74) is 6.57. The lowest BCUT2D eigenvalue weighted by Gasteiger charge is -2.34. The van der Waals surface area contributed by atoms with Gasteiger partial charge in [0, 0.05) is 18.8 Å². The molecule has 112 valence electrons. The molecule has 3 N–H and O–H groups in total. The highest BCUT2D eigenvalue weighted by molar-refractivity contribution is 5.89. The molecule has 0 saturated carbocycles. The average Bonchev–Trinajstić information content (AvgIpc) is 2.38. The molecular formula is C15H25N3O2. The fourth-order valence-electron chi connectivity index (χ4n) is 2.36. The monoisotopic (exact) mass is 279 g/mol. The van der Waals surface area contributed by atoms with Gasteiger partial charge in [-0.2, -0.15) is 0 Å². The van der Waals surface area contributed by atoms with Crippen LogP contribution >= 0.6 is 0 Å². The molecule has 0 fully saturated rings. The minimum absolute atomic E-state index is 0.125. The highest BCUT2D eigenvalue weighted by atomic mass is 16.4. The fraction of sp³-hybridized carbons (Fsp3) is 0.600. The molecule has 0 bridgehead atoms. The van der Waals surface area contributed by atoms with Crippen molar-refractivity contribution in [2.45, 2.75) is 46.6 Å². The Balaban J connectivity index is 3.16. The van der Waals surface area contributed by atoms with E-state index in [2.05, 4.69) is 37.6 Å². The summed E-state index contributed by atoms with van der Waals surface area (Å²) in [5, 5.41) is 8.98. The lowest BCUT2D eigenvalue weighted by atomic mass is 10.1. The quantitative estimate of drug-likeness (QED) is 0.802. The molecule has 1 aromatic rings. The Bertz CT molecular complexity index is 456. The maximum absolute atomic E-state index is 10.9. The number of nitrogens with zero attached hydrogens (tertiary/aromatic N) is 2. The number of carbonyl (C=O) groups is 1. The number of nitrogens with two attached hydrogens (primary N) is 1.